The average molecular weight is 831 g/mol. The van der Waals surface area contributed by atoms with E-state index in [0.29, 0.717) is 45.4 Å². The summed E-state index contributed by atoms with van der Waals surface area (Å²) in [5, 5.41) is 57.7. The SMILES string of the molecule is CCCCCCN(CCCNC(C=O)(CN)CCc1ccc2cc(CCCCN=C(N)NC(=O)c3nc(Cl)c(N)nc3N)ccc2c1)CC(O)C(O)C(O)C(O)CO. The van der Waals surface area contributed by atoms with Crippen molar-refractivity contribution >= 4 is 52.2 Å². The maximum Gasteiger partial charge on any atom is 0.280 e. The predicted molar refractivity (Wildman–Crippen MR) is 227 cm³/mol. The van der Waals surface area contributed by atoms with Crippen molar-refractivity contribution in [3.05, 3.63) is 58.4 Å². The lowest BCUT2D eigenvalue weighted by Crippen LogP contribution is -2.54. The smallest absolute Gasteiger partial charge is 0.280 e. The number of aliphatic hydroxyl groups excluding tert-OH is 5. The molecule has 0 saturated heterocycles. The molecule has 18 heteroatoms. The number of unbranched alkanes of at least 4 members (excludes halogenated alkanes) is 4. The van der Waals surface area contributed by atoms with Crippen LogP contribution in [0.3, 0.4) is 0 Å². The molecule has 0 radical (unpaired) electrons. The Morgan fingerprint density at radius 3 is 2.21 bits per heavy atom. The molecule has 0 fully saturated rings. The lowest BCUT2D eigenvalue weighted by molar-refractivity contribution is -0.119. The Kier molecular flexibility index (Phi) is 20.6. The van der Waals surface area contributed by atoms with Gasteiger partial charge >= 0.3 is 0 Å². The van der Waals surface area contributed by atoms with Crippen molar-refractivity contribution in [2.45, 2.75) is 101 Å². The van der Waals surface area contributed by atoms with Gasteiger partial charge in [-0.2, -0.15) is 0 Å². The number of nitrogens with two attached hydrogens (primary N) is 4. The number of aliphatic hydroxyl groups is 5. The van der Waals surface area contributed by atoms with E-state index in [2.05, 4.69) is 68.9 Å². The van der Waals surface area contributed by atoms with Crippen LogP contribution in [-0.2, 0) is 17.6 Å². The number of nitrogens with zero attached hydrogens (tertiary/aromatic N) is 4. The standard InChI is InChI=1S/C40H63ClN10O7/c1-2-3-4-7-18-51(22-30(54)33(56)34(57)31(55)23-52)19-8-17-47-40(24-42,25-53)15-14-27-11-13-28-20-26(10-12-29(28)21-27)9-5-6-16-46-39(45)50-38(58)32-36(43)49-37(44)35(41)48-32/h10-13,20-21,25,30-31,33-34,47,52,54-57H,2-9,14-19,22-24,42H2,1H3,(H4,43,44,49)(H3,45,46,50,58). The number of aliphatic imine (C=N–C) groups is 1. The highest BCUT2D eigenvalue weighted by molar-refractivity contribution is 6.31. The Morgan fingerprint density at radius 1 is 0.914 bits per heavy atom. The second-order valence-corrected chi connectivity index (χ2v) is 15.1. The lowest BCUT2D eigenvalue weighted by atomic mass is 9.91. The number of nitrogens with one attached hydrogen (secondary N) is 2. The van der Waals surface area contributed by atoms with E-state index in [1.165, 1.54) is 5.56 Å². The van der Waals surface area contributed by atoms with Crippen molar-refractivity contribution in [3.63, 3.8) is 0 Å². The van der Waals surface area contributed by atoms with Gasteiger partial charge in [-0.05, 0) is 86.5 Å². The Bertz CT molecular complexity index is 1770. The van der Waals surface area contributed by atoms with Gasteiger partial charge in [0.2, 0.25) is 0 Å². The van der Waals surface area contributed by atoms with Crippen LogP contribution in [-0.4, -0.2) is 134 Å². The summed E-state index contributed by atoms with van der Waals surface area (Å²) in [5.74, 6) is -1.01. The minimum atomic E-state index is -1.68. The molecule has 1 heterocycles. The second kappa shape index (κ2) is 24.8. The van der Waals surface area contributed by atoms with E-state index in [9.17, 15) is 30.0 Å². The molecule has 0 aliphatic carbocycles. The van der Waals surface area contributed by atoms with Crippen molar-refractivity contribution in [2.75, 3.05) is 57.3 Å². The Balaban J connectivity index is 1.48. The molecule has 0 bridgehead atoms. The number of guanidine groups is 1. The van der Waals surface area contributed by atoms with Gasteiger partial charge in [0, 0.05) is 19.6 Å². The highest BCUT2D eigenvalue weighted by Gasteiger charge is 2.31. The number of fused-ring (bicyclic) bond motifs is 1. The Hall–Kier alpha value is -4.04. The molecule has 5 unspecified atom stereocenters. The predicted octanol–water partition coefficient (Wildman–Crippen LogP) is 0.642. The van der Waals surface area contributed by atoms with Gasteiger partial charge in [0.05, 0.1) is 18.2 Å². The van der Waals surface area contributed by atoms with Crippen molar-refractivity contribution < 1.29 is 35.1 Å². The number of aromatic nitrogens is 2. The minimum Gasteiger partial charge on any atom is -0.394 e. The van der Waals surface area contributed by atoms with Gasteiger partial charge in [0.15, 0.2) is 28.4 Å². The van der Waals surface area contributed by atoms with Crippen LogP contribution in [0.25, 0.3) is 10.8 Å². The van der Waals surface area contributed by atoms with Crippen LogP contribution in [0.15, 0.2) is 41.4 Å². The van der Waals surface area contributed by atoms with Crippen LogP contribution in [0.5, 0.6) is 0 Å². The molecule has 0 aliphatic heterocycles. The highest BCUT2D eigenvalue weighted by atomic mass is 35.5. The molecule has 1 amide bonds. The number of aryl methyl sites for hydroxylation is 2. The van der Waals surface area contributed by atoms with E-state index < -0.39 is 42.5 Å². The first kappa shape index (κ1) is 48.3. The van der Waals surface area contributed by atoms with E-state index in [1.807, 2.05) is 4.90 Å². The molecule has 2 aromatic carbocycles. The van der Waals surface area contributed by atoms with E-state index in [1.54, 1.807) is 0 Å². The first-order chi connectivity index (χ1) is 27.8. The summed E-state index contributed by atoms with van der Waals surface area (Å²) in [6.45, 7) is 3.72. The third-order valence-electron chi connectivity index (χ3n) is 10.2. The molecule has 0 spiro atoms. The molecule has 1 aromatic heterocycles. The zero-order chi connectivity index (χ0) is 42.7. The first-order valence-electron chi connectivity index (χ1n) is 19.9. The number of carbonyl (C=O) groups excluding carboxylic acids is 2. The molecular formula is C40H63ClN10O7. The fourth-order valence-corrected chi connectivity index (χ4v) is 6.66. The molecule has 5 atom stereocenters. The molecule has 15 N–H and O–H groups in total. The van der Waals surface area contributed by atoms with Gasteiger partial charge in [-0.15, -0.1) is 0 Å². The van der Waals surface area contributed by atoms with Gasteiger partial charge in [-0.3, -0.25) is 15.1 Å². The molecule has 0 saturated carbocycles. The monoisotopic (exact) mass is 830 g/mol. The number of halogens is 1. The fourth-order valence-electron chi connectivity index (χ4n) is 6.53. The van der Waals surface area contributed by atoms with E-state index in [0.717, 1.165) is 67.6 Å². The molecule has 58 heavy (non-hydrogen) atoms. The zero-order valence-electron chi connectivity index (χ0n) is 33.4. The molecule has 3 rings (SSSR count). The van der Waals surface area contributed by atoms with Crippen LogP contribution in [0.2, 0.25) is 5.15 Å². The van der Waals surface area contributed by atoms with Crippen LogP contribution in [0.1, 0.15) is 79.9 Å². The van der Waals surface area contributed by atoms with E-state index >= 15 is 0 Å². The summed E-state index contributed by atoms with van der Waals surface area (Å²) in [5.41, 5.74) is 24.4. The van der Waals surface area contributed by atoms with Gasteiger partial charge < -0.3 is 63.5 Å². The molecule has 0 aliphatic rings. The van der Waals surface area contributed by atoms with Crippen LogP contribution in [0, 0.1) is 0 Å². The zero-order valence-corrected chi connectivity index (χ0v) is 34.2. The topological polar surface area (TPSA) is 305 Å². The van der Waals surface area contributed by atoms with Crippen LogP contribution in [0.4, 0.5) is 11.6 Å². The minimum absolute atomic E-state index is 0.0732. The lowest BCUT2D eigenvalue weighted by Gasteiger charge is -2.31. The largest absolute Gasteiger partial charge is 0.394 e. The molecular weight excluding hydrogens is 768 g/mol. The summed E-state index contributed by atoms with van der Waals surface area (Å²) >= 11 is 5.84. The second-order valence-electron chi connectivity index (χ2n) is 14.7. The van der Waals surface area contributed by atoms with E-state index in [4.69, 9.17) is 39.6 Å². The number of carbonyl (C=O) groups is 2. The number of rotatable bonds is 27. The molecule has 322 valence electrons. The van der Waals surface area contributed by atoms with Crippen molar-refractivity contribution in [1.82, 2.24) is 25.5 Å². The summed E-state index contributed by atoms with van der Waals surface area (Å²) in [6, 6.07) is 12.6. The number of nitrogen functional groups attached to an aromatic ring is 2. The van der Waals surface area contributed by atoms with Crippen LogP contribution < -0.4 is 33.6 Å². The number of anilines is 2. The highest BCUT2D eigenvalue weighted by Crippen LogP contribution is 2.22. The first-order valence-corrected chi connectivity index (χ1v) is 20.3. The number of amides is 1. The maximum absolute atomic E-state index is 12.4. The average Bonchev–Trinajstić information content (AvgIpc) is 3.22. The summed E-state index contributed by atoms with van der Waals surface area (Å²) in [4.78, 5) is 38.7. The molecule has 3 aromatic rings. The quantitative estimate of drug-likeness (QED) is 0.0218. The van der Waals surface area contributed by atoms with Crippen molar-refractivity contribution in [3.8, 4) is 0 Å². The summed E-state index contributed by atoms with van der Waals surface area (Å²) < 4.78 is 0. The number of benzene rings is 2. The maximum atomic E-state index is 12.4. The van der Waals surface area contributed by atoms with Gasteiger partial charge in [0.25, 0.3) is 5.91 Å². The van der Waals surface area contributed by atoms with Gasteiger partial charge in [-0.25, -0.2) is 9.97 Å². The van der Waals surface area contributed by atoms with Crippen molar-refractivity contribution in [2.24, 2.45) is 16.5 Å². The number of aldehydes is 1. The number of hydrogen-bond donors (Lipinski definition) is 11. The van der Waals surface area contributed by atoms with Crippen LogP contribution >= 0.6 is 11.6 Å². The summed E-state index contributed by atoms with van der Waals surface area (Å²) in [6.07, 6.45) is 2.96. The normalized spacial score (nSPS) is 15.2. The Morgan fingerprint density at radius 2 is 1.57 bits per heavy atom. The number of hydrogen-bond acceptors (Lipinski definition) is 15. The third-order valence-corrected chi connectivity index (χ3v) is 10.4. The third kappa shape index (κ3) is 15.3. The van der Waals surface area contributed by atoms with Gasteiger partial charge in [0.1, 0.15) is 24.6 Å². The summed E-state index contributed by atoms with van der Waals surface area (Å²) in [7, 11) is 0. The van der Waals surface area contributed by atoms with Crippen molar-refractivity contribution in [1.29, 1.82) is 0 Å². The fraction of sp³-hybridized carbons (Fsp3) is 0.575. The Labute approximate surface area is 345 Å². The van der Waals surface area contributed by atoms with Gasteiger partial charge in [-0.1, -0.05) is 74.2 Å². The van der Waals surface area contributed by atoms with E-state index in [-0.39, 0.29) is 41.5 Å². The molecule has 17 nitrogen and oxygen atoms in total.